The summed E-state index contributed by atoms with van der Waals surface area (Å²) < 4.78 is 5.37. The van der Waals surface area contributed by atoms with Gasteiger partial charge in [0.2, 0.25) is 0 Å². The maximum atomic E-state index is 8.97. The largest absolute Gasteiger partial charge is 0.496 e. The van der Waals surface area contributed by atoms with Crippen LogP contribution < -0.4 is 10.1 Å². The molecule has 0 saturated carbocycles. The van der Waals surface area contributed by atoms with E-state index < -0.39 is 0 Å². The summed E-state index contributed by atoms with van der Waals surface area (Å²) in [5, 5.41) is 12.3. The number of hydrogen-bond donors (Lipinski definition) is 1. The van der Waals surface area contributed by atoms with Crippen LogP contribution in [0.1, 0.15) is 44.7 Å². The first-order chi connectivity index (χ1) is 8.89. The minimum Gasteiger partial charge on any atom is -0.496 e. The summed E-state index contributed by atoms with van der Waals surface area (Å²) in [6.45, 7) is 9.66. The van der Waals surface area contributed by atoms with Crippen molar-refractivity contribution >= 4 is 0 Å². The molecular weight excluding hydrogens is 236 g/mol. The van der Waals surface area contributed by atoms with Crippen LogP contribution in [0, 0.1) is 16.7 Å². The van der Waals surface area contributed by atoms with E-state index in [1.165, 1.54) is 11.1 Å². The van der Waals surface area contributed by atoms with Gasteiger partial charge in [0.15, 0.2) is 0 Å². The van der Waals surface area contributed by atoms with E-state index in [9.17, 15) is 0 Å². The summed E-state index contributed by atoms with van der Waals surface area (Å²) in [7, 11) is 1.70. The van der Waals surface area contributed by atoms with Gasteiger partial charge >= 0.3 is 0 Å². The van der Waals surface area contributed by atoms with Crippen molar-refractivity contribution in [3.05, 3.63) is 29.3 Å². The monoisotopic (exact) mass is 260 g/mol. The highest BCUT2D eigenvalue weighted by atomic mass is 16.5. The van der Waals surface area contributed by atoms with Gasteiger partial charge in [-0.2, -0.15) is 5.26 Å². The third kappa shape index (κ3) is 4.57. The van der Waals surface area contributed by atoms with Crippen molar-refractivity contribution in [2.45, 2.75) is 40.2 Å². The molecule has 0 atom stereocenters. The number of methoxy groups -OCH3 is 1. The number of hydrogen-bond acceptors (Lipinski definition) is 3. The number of nitrogens with one attached hydrogen (secondary N) is 1. The van der Waals surface area contributed by atoms with Gasteiger partial charge in [-0.15, -0.1) is 0 Å². The van der Waals surface area contributed by atoms with Gasteiger partial charge in [-0.25, -0.2) is 0 Å². The normalized spacial score (nSPS) is 11.4. The van der Waals surface area contributed by atoms with Crippen LogP contribution in [0.5, 0.6) is 5.75 Å². The number of rotatable bonds is 6. The second kappa shape index (κ2) is 6.58. The predicted molar refractivity (Wildman–Crippen MR) is 78.2 cm³/mol. The highest BCUT2D eigenvalue weighted by Gasteiger charge is 2.15. The Morgan fingerprint density at radius 3 is 2.58 bits per heavy atom. The number of nitriles is 1. The lowest BCUT2D eigenvalue weighted by molar-refractivity contribution is 0.407. The standard InChI is InChI=1S/C16H24N2O/c1-12(2)14-8-13(6-7-15(14)19-5)9-18-11-16(3,4)10-17/h6-8,12,18H,9,11H2,1-5H3. The van der Waals surface area contributed by atoms with Gasteiger partial charge in [0.25, 0.3) is 0 Å². The molecule has 1 aromatic carbocycles. The molecule has 1 N–H and O–H groups in total. The molecule has 0 amide bonds. The van der Waals surface area contributed by atoms with E-state index in [4.69, 9.17) is 10.00 Å². The van der Waals surface area contributed by atoms with Crippen LogP contribution in [-0.2, 0) is 6.54 Å². The smallest absolute Gasteiger partial charge is 0.122 e. The van der Waals surface area contributed by atoms with Crippen molar-refractivity contribution < 1.29 is 4.74 Å². The molecule has 0 aliphatic rings. The Labute approximate surface area is 116 Å². The van der Waals surface area contributed by atoms with Gasteiger partial charge in [-0.1, -0.05) is 26.0 Å². The quantitative estimate of drug-likeness (QED) is 0.852. The second-order valence-electron chi connectivity index (χ2n) is 5.83. The molecule has 1 rings (SSSR count). The highest BCUT2D eigenvalue weighted by molar-refractivity contribution is 5.39. The molecule has 0 saturated heterocycles. The summed E-state index contributed by atoms with van der Waals surface area (Å²) in [5.41, 5.74) is 2.12. The first kappa shape index (κ1) is 15.5. The maximum absolute atomic E-state index is 8.97. The zero-order valence-electron chi connectivity index (χ0n) is 12.6. The van der Waals surface area contributed by atoms with Crippen LogP contribution in [-0.4, -0.2) is 13.7 Å². The number of ether oxygens (including phenoxy) is 1. The fraction of sp³-hybridized carbons (Fsp3) is 0.562. The molecule has 104 valence electrons. The average molecular weight is 260 g/mol. The first-order valence-electron chi connectivity index (χ1n) is 6.68. The Morgan fingerprint density at radius 1 is 1.37 bits per heavy atom. The fourth-order valence-electron chi connectivity index (χ4n) is 1.90. The Balaban J connectivity index is 2.71. The molecule has 0 bridgehead atoms. The summed E-state index contributed by atoms with van der Waals surface area (Å²) in [6.07, 6.45) is 0. The molecule has 0 radical (unpaired) electrons. The van der Waals surface area contributed by atoms with Crippen LogP contribution >= 0.6 is 0 Å². The van der Waals surface area contributed by atoms with Crippen LogP contribution in [0.4, 0.5) is 0 Å². The molecule has 0 heterocycles. The van der Waals surface area contributed by atoms with Crippen LogP contribution in [0.2, 0.25) is 0 Å². The lowest BCUT2D eigenvalue weighted by Crippen LogP contribution is -2.27. The average Bonchev–Trinajstić information content (AvgIpc) is 2.38. The lowest BCUT2D eigenvalue weighted by atomic mass is 9.95. The van der Waals surface area contributed by atoms with Crippen LogP contribution in [0.3, 0.4) is 0 Å². The zero-order chi connectivity index (χ0) is 14.5. The van der Waals surface area contributed by atoms with E-state index in [0.717, 1.165) is 12.3 Å². The number of benzene rings is 1. The van der Waals surface area contributed by atoms with Crippen molar-refractivity contribution in [3.8, 4) is 11.8 Å². The van der Waals surface area contributed by atoms with Gasteiger partial charge in [-0.3, -0.25) is 0 Å². The predicted octanol–water partition coefficient (Wildman–Crippen LogP) is 3.46. The van der Waals surface area contributed by atoms with Gasteiger partial charge in [-0.05, 0) is 37.0 Å². The summed E-state index contributed by atoms with van der Waals surface area (Å²) in [4.78, 5) is 0. The molecule has 0 spiro atoms. The summed E-state index contributed by atoms with van der Waals surface area (Å²) >= 11 is 0. The Morgan fingerprint density at radius 2 is 2.05 bits per heavy atom. The van der Waals surface area contributed by atoms with E-state index >= 15 is 0 Å². The van der Waals surface area contributed by atoms with Gasteiger partial charge < -0.3 is 10.1 Å². The highest BCUT2D eigenvalue weighted by Crippen LogP contribution is 2.27. The van der Waals surface area contributed by atoms with Crippen molar-refractivity contribution in [3.63, 3.8) is 0 Å². The minimum atomic E-state index is -0.326. The van der Waals surface area contributed by atoms with Crippen molar-refractivity contribution in [1.82, 2.24) is 5.32 Å². The van der Waals surface area contributed by atoms with Crippen molar-refractivity contribution in [2.75, 3.05) is 13.7 Å². The second-order valence-corrected chi connectivity index (χ2v) is 5.83. The van der Waals surface area contributed by atoms with E-state index in [-0.39, 0.29) is 5.41 Å². The molecule has 0 aliphatic carbocycles. The van der Waals surface area contributed by atoms with Gasteiger partial charge in [0.1, 0.15) is 5.75 Å². The number of nitrogens with zero attached hydrogens (tertiary/aromatic N) is 1. The Hall–Kier alpha value is -1.53. The maximum Gasteiger partial charge on any atom is 0.122 e. The van der Waals surface area contributed by atoms with Crippen LogP contribution in [0.25, 0.3) is 0 Å². The molecule has 3 heteroatoms. The van der Waals surface area contributed by atoms with E-state index in [2.05, 4.69) is 37.4 Å². The van der Waals surface area contributed by atoms with E-state index in [1.54, 1.807) is 7.11 Å². The molecule has 0 fully saturated rings. The van der Waals surface area contributed by atoms with Gasteiger partial charge in [0, 0.05) is 13.1 Å². The molecule has 0 aromatic heterocycles. The Kier molecular flexibility index (Phi) is 5.38. The summed E-state index contributed by atoms with van der Waals surface area (Å²) in [6, 6.07) is 8.55. The zero-order valence-corrected chi connectivity index (χ0v) is 12.6. The summed E-state index contributed by atoms with van der Waals surface area (Å²) in [5.74, 6) is 1.38. The van der Waals surface area contributed by atoms with Gasteiger partial charge in [0.05, 0.1) is 18.6 Å². The lowest BCUT2D eigenvalue weighted by Gasteiger charge is -2.17. The SMILES string of the molecule is COc1ccc(CNCC(C)(C)C#N)cc1C(C)C. The molecule has 19 heavy (non-hydrogen) atoms. The fourth-order valence-corrected chi connectivity index (χ4v) is 1.90. The van der Waals surface area contributed by atoms with E-state index in [0.29, 0.717) is 12.5 Å². The molecule has 1 aromatic rings. The molecule has 0 unspecified atom stereocenters. The van der Waals surface area contributed by atoms with Crippen LogP contribution in [0.15, 0.2) is 18.2 Å². The minimum absolute atomic E-state index is 0.326. The third-order valence-corrected chi connectivity index (χ3v) is 3.11. The van der Waals surface area contributed by atoms with Crippen molar-refractivity contribution in [2.24, 2.45) is 5.41 Å². The molecule has 3 nitrogen and oxygen atoms in total. The first-order valence-corrected chi connectivity index (χ1v) is 6.68. The van der Waals surface area contributed by atoms with E-state index in [1.807, 2.05) is 19.9 Å². The topological polar surface area (TPSA) is 45.0 Å². The molecular formula is C16H24N2O. The Bertz CT molecular complexity index is 458. The molecule has 0 aliphatic heterocycles. The van der Waals surface area contributed by atoms with Crippen molar-refractivity contribution in [1.29, 1.82) is 5.26 Å². The third-order valence-electron chi connectivity index (χ3n) is 3.11.